The molecule has 1 aromatic carbocycles. The molecule has 0 spiro atoms. The number of thiazole rings is 2. The van der Waals surface area contributed by atoms with Crippen molar-refractivity contribution >= 4 is 46.0 Å². The molecule has 4 rings (SSSR count). The summed E-state index contributed by atoms with van der Waals surface area (Å²) in [4.78, 5) is 22.4. The minimum absolute atomic E-state index is 0.0940. The number of hydrogen-bond acceptors (Lipinski definition) is 7. The number of aryl methyl sites for hydroxylation is 2. The lowest BCUT2D eigenvalue weighted by atomic mass is 10.3. The number of aromatic nitrogens is 2. The van der Waals surface area contributed by atoms with Crippen LogP contribution in [0, 0.1) is 13.8 Å². The number of hydrogen-bond donors (Lipinski definition) is 1. The Hall–Kier alpha value is -2.42. The first-order valence-corrected chi connectivity index (χ1v) is 11.1. The van der Waals surface area contributed by atoms with Gasteiger partial charge in [-0.25, -0.2) is 9.97 Å². The van der Waals surface area contributed by atoms with Crippen molar-refractivity contribution in [2.75, 3.05) is 5.32 Å². The highest BCUT2D eigenvalue weighted by molar-refractivity contribution is 8.01. The molecule has 142 valence electrons. The maximum atomic E-state index is 12.3. The Morgan fingerprint density at radius 1 is 1.07 bits per heavy atom. The van der Waals surface area contributed by atoms with E-state index in [9.17, 15) is 4.79 Å². The molecule has 0 saturated carbocycles. The summed E-state index contributed by atoms with van der Waals surface area (Å²) in [6, 6.07) is 11.6. The molecular weight excluding hydrogens is 410 g/mol. The van der Waals surface area contributed by atoms with Gasteiger partial charge in [0.05, 0.1) is 12.1 Å². The molecule has 0 saturated heterocycles. The van der Waals surface area contributed by atoms with Crippen molar-refractivity contribution in [3.05, 3.63) is 64.3 Å². The normalized spacial score (nSPS) is 10.9. The van der Waals surface area contributed by atoms with Gasteiger partial charge in [-0.15, -0.1) is 22.7 Å². The van der Waals surface area contributed by atoms with Gasteiger partial charge in [0.15, 0.2) is 15.1 Å². The molecule has 0 bridgehead atoms. The van der Waals surface area contributed by atoms with Gasteiger partial charge in [0, 0.05) is 27.0 Å². The van der Waals surface area contributed by atoms with Crippen LogP contribution in [0.25, 0.3) is 10.8 Å². The highest BCUT2D eigenvalue weighted by Crippen LogP contribution is 2.31. The third-order valence-electron chi connectivity index (χ3n) is 3.79. The lowest BCUT2D eigenvalue weighted by molar-refractivity contribution is -0.115. The molecule has 5 nitrogen and oxygen atoms in total. The van der Waals surface area contributed by atoms with Crippen molar-refractivity contribution < 1.29 is 9.21 Å². The molecule has 0 fully saturated rings. The fourth-order valence-electron chi connectivity index (χ4n) is 2.51. The second-order valence-corrected chi connectivity index (χ2v) is 9.20. The highest BCUT2D eigenvalue weighted by atomic mass is 32.2. The first-order chi connectivity index (χ1) is 13.5. The molecule has 4 aromatic rings. The fraction of sp³-hybridized carbons (Fsp3) is 0.150. The smallest absolute Gasteiger partial charge is 0.230 e. The number of carbonyl (C=O) groups excluding carboxylic acids is 1. The molecule has 1 N–H and O–H groups in total. The number of amides is 1. The van der Waals surface area contributed by atoms with Gasteiger partial charge < -0.3 is 9.73 Å². The fourth-order valence-corrected chi connectivity index (χ4v) is 5.10. The molecule has 0 atom stereocenters. The Morgan fingerprint density at radius 2 is 1.89 bits per heavy atom. The van der Waals surface area contributed by atoms with Gasteiger partial charge in [0.25, 0.3) is 0 Å². The second-order valence-electron chi connectivity index (χ2n) is 6.16. The summed E-state index contributed by atoms with van der Waals surface area (Å²) in [6.45, 7) is 3.88. The number of nitrogens with zero attached hydrogens (tertiary/aromatic N) is 2. The summed E-state index contributed by atoms with van der Waals surface area (Å²) < 4.78 is 6.59. The van der Waals surface area contributed by atoms with Crippen LogP contribution < -0.4 is 5.32 Å². The molecule has 1 amide bonds. The van der Waals surface area contributed by atoms with Gasteiger partial charge in [-0.05, 0) is 50.2 Å². The van der Waals surface area contributed by atoms with Crippen LogP contribution in [0.3, 0.4) is 0 Å². The molecule has 28 heavy (non-hydrogen) atoms. The summed E-state index contributed by atoms with van der Waals surface area (Å²) in [5.74, 6) is 1.48. The van der Waals surface area contributed by atoms with Crippen LogP contribution >= 0.6 is 34.4 Å². The van der Waals surface area contributed by atoms with E-state index in [-0.39, 0.29) is 12.3 Å². The zero-order valence-corrected chi connectivity index (χ0v) is 17.7. The molecule has 0 unspecified atom stereocenters. The maximum absolute atomic E-state index is 12.3. The van der Waals surface area contributed by atoms with Crippen LogP contribution in [-0.4, -0.2) is 15.9 Å². The SMILES string of the molecule is Cc1csc(Sc2ccc(NC(=O)Cc3csc(-c4ccc(C)o4)n3)cc2)n1. The number of rotatable bonds is 6. The number of nitrogens with one attached hydrogen (secondary N) is 1. The molecule has 3 aromatic heterocycles. The van der Waals surface area contributed by atoms with Gasteiger partial charge in [-0.1, -0.05) is 11.8 Å². The van der Waals surface area contributed by atoms with Crippen LogP contribution in [0.2, 0.25) is 0 Å². The van der Waals surface area contributed by atoms with E-state index in [0.717, 1.165) is 42.8 Å². The van der Waals surface area contributed by atoms with Gasteiger partial charge in [-0.2, -0.15) is 0 Å². The first kappa shape index (κ1) is 18.9. The standard InChI is InChI=1S/C20H17N3O2S3/c1-12-10-27-20(21-12)28-16-6-4-14(5-7-16)22-18(24)9-15-11-26-19(23-15)17-8-3-13(2)25-17/h3-8,10-11H,9H2,1-2H3,(H,22,24). The highest BCUT2D eigenvalue weighted by Gasteiger charge is 2.12. The lowest BCUT2D eigenvalue weighted by Crippen LogP contribution is -2.14. The molecule has 8 heteroatoms. The van der Waals surface area contributed by atoms with E-state index in [2.05, 4.69) is 15.3 Å². The van der Waals surface area contributed by atoms with E-state index in [0.29, 0.717) is 0 Å². The van der Waals surface area contributed by atoms with E-state index in [1.54, 1.807) is 23.1 Å². The Balaban J connectivity index is 1.34. The molecule has 0 aliphatic rings. The maximum Gasteiger partial charge on any atom is 0.230 e. The zero-order valence-electron chi connectivity index (χ0n) is 15.3. The van der Waals surface area contributed by atoms with Crippen LogP contribution in [0.1, 0.15) is 17.1 Å². The number of benzene rings is 1. The van der Waals surface area contributed by atoms with Gasteiger partial charge >= 0.3 is 0 Å². The summed E-state index contributed by atoms with van der Waals surface area (Å²) in [5.41, 5.74) is 2.53. The van der Waals surface area contributed by atoms with Crippen molar-refractivity contribution in [3.63, 3.8) is 0 Å². The van der Waals surface area contributed by atoms with E-state index < -0.39 is 0 Å². The van der Waals surface area contributed by atoms with Crippen LogP contribution in [-0.2, 0) is 11.2 Å². The average molecular weight is 428 g/mol. The predicted molar refractivity (Wildman–Crippen MR) is 114 cm³/mol. The van der Waals surface area contributed by atoms with Gasteiger partial charge in [0.1, 0.15) is 5.76 Å². The van der Waals surface area contributed by atoms with E-state index in [1.165, 1.54) is 11.3 Å². The van der Waals surface area contributed by atoms with Crippen molar-refractivity contribution in [1.82, 2.24) is 9.97 Å². The number of anilines is 1. The van der Waals surface area contributed by atoms with Gasteiger partial charge in [0.2, 0.25) is 5.91 Å². The largest absolute Gasteiger partial charge is 0.459 e. The Kier molecular flexibility index (Phi) is 5.61. The van der Waals surface area contributed by atoms with Crippen molar-refractivity contribution in [1.29, 1.82) is 0 Å². The number of furan rings is 1. The Morgan fingerprint density at radius 3 is 2.57 bits per heavy atom. The van der Waals surface area contributed by atoms with Crippen molar-refractivity contribution in [2.45, 2.75) is 29.5 Å². The van der Waals surface area contributed by atoms with Crippen LogP contribution in [0.4, 0.5) is 5.69 Å². The van der Waals surface area contributed by atoms with E-state index in [1.807, 2.05) is 61.0 Å². The van der Waals surface area contributed by atoms with Crippen LogP contribution in [0.15, 0.2) is 60.8 Å². The Bertz CT molecular complexity index is 1100. The summed E-state index contributed by atoms with van der Waals surface area (Å²) in [7, 11) is 0. The average Bonchev–Trinajstić information content (AvgIpc) is 3.39. The molecule has 0 aliphatic heterocycles. The van der Waals surface area contributed by atoms with E-state index in [4.69, 9.17) is 4.42 Å². The van der Waals surface area contributed by atoms with Crippen molar-refractivity contribution in [3.8, 4) is 10.8 Å². The topological polar surface area (TPSA) is 68.0 Å². The first-order valence-electron chi connectivity index (χ1n) is 8.56. The lowest BCUT2D eigenvalue weighted by Gasteiger charge is -2.05. The zero-order chi connectivity index (χ0) is 19.5. The summed E-state index contributed by atoms with van der Waals surface area (Å²) in [6.07, 6.45) is 0.227. The second kappa shape index (κ2) is 8.30. The van der Waals surface area contributed by atoms with Gasteiger partial charge in [-0.3, -0.25) is 4.79 Å². The van der Waals surface area contributed by atoms with Crippen molar-refractivity contribution in [2.24, 2.45) is 0 Å². The monoisotopic (exact) mass is 427 g/mol. The quantitative estimate of drug-likeness (QED) is 0.421. The number of carbonyl (C=O) groups is 1. The molecular formula is C20H17N3O2S3. The predicted octanol–water partition coefficient (Wildman–Crippen LogP) is 5.81. The minimum atomic E-state index is -0.0940. The van der Waals surface area contributed by atoms with E-state index >= 15 is 0 Å². The third-order valence-corrected chi connectivity index (χ3v) is 6.76. The molecule has 3 heterocycles. The molecule has 0 aliphatic carbocycles. The summed E-state index contributed by atoms with van der Waals surface area (Å²) in [5, 5.41) is 7.63. The van der Waals surface area contributed by atoms with Crippen LogP contribution in [0.5, 0.6) is 0 Å². The minimum Gasteiger partial charge on any atom is -0.459 e. The third kappa shape index (κ3) is 4.70. The molecule has 0 radical (unpaired) electrons. The Labute approximate surface area is 174 Å². The summed E-state index contributed by atoms with van der Waals surface area (Å²) >= 11 is 4.73.